The molecule has 188 valence electrons. The van der Waals surface area contributed by atoms with Crippen LogP contribution in [0.5, 0.6) is 0 Å². The van der Waals surface area contributed by atoms with E-state index in [1.165, 1.54) is 36.4 Å². The summed E-state index contributed by atoms with van der Waals surface area (Å²) in [4.78, 5) is 37.7. The number of halogens is 2. The first-order chi connectivity index (χ1) is 17.2. The van der Waals surface area contributed by atoms with E-state index >= 15 is 0 Å². The number of aliphatic carboxylic acids is 1. The van der Waals surface area contributed by atoms with Gasteiger partial charge in [-0.2, -0.15) is 0 Å². The van der Waals surface area contributed by atoms with Crippen molar-refractivity contribution in [1.82, 2.24) is 5.32 Å². The van der Waals surface area contributed by atoms with Crippen LogP contribution >= 0.6 is 11.6 Å². The first-order valence-electron chi connectivity index (χ1n) is 11.5. The summed E-state index contributed by atoms with van der Waals surface area (Å²) in [7, 11) is 0. The van der Waals surface area contributed by atoms with Crippen molar-refractivity contribution in [3.8, 4) is 0 Å². The summed E-state index contributed by atoms with van der Waals surface area (Å²) in [5.74, 6) is -2.65. The molecule has 3 rings (SSSR count). The van der Waals surface area contributed by atoms with Crippen LogP contribution in [0.2, 0.25) is 5.02 Å². The molecule has 36 heavy (non-hydrogen) atoms. The Hall–Kier alpha value is -3.91. The molecule has 3 amide bonds. The van der Waals surface area contributed by atoms with Crippen molar-refractivity contribution in [2.24, 2.45) is 0 Å². The SMILES string of the molecule is CCc1cccc(CC)c1NC(=O)Nc1cc(Cl)ccc1C(=O)N[C@@H](Cc1ccccc1F)C(=O)O. The molecule has 0 heterocycles. The van der Waals surface area contributed by atoms with Gasteiger partial charge in [0.25, 0.3) is 5.91 Å². The van der Waals surface area contributed by atoms with E-state index in [4.69, 9.17) is 11.6 Å². The van der Waals surface area contributed by atoms with Crippen molar-refractivity contribution in [1.29, 1.82) is 0 Å². The third-order valence-electron chi connectivity index (χ3n) is 5.70. The zero-order chi connectivity index (χ0) is 26.2. The van der Waals surface area contributed by atoms with Crippen LogP contribution < -0.4 is 16.0 Å². The number of anilines is 2. The van der Waals surface area contributed by atoms with Gasteiger partial charge in [0.2, 0.25) is 0 Å². The van der Waals surface area contributed by atoms with Crippen LogP contribution in [-0.4, -0.2) is 29.1 Å². The summed E-state index contributed by atoms with van der Waals surface area (Å²) in [5.41, 5.74) is 2.88. The number of nitrogens with one attached hydrogen (secondary N) is 3. The van der Waals surface area contributed by atoms with Gasteiger partial charge in [0.1, 0.15) is 11.9 Å². The van der Waals surface area contributed by atoms with Crippen molar-refractivity contribution in [3.05, 3.63) is 93.8 Å². The number of hydrogen-bond acceptors (Lipinski definition) is 3. The molecule has 0 fully saturated rings. The van der Waals surface area contributed by atoms with Crippen molar-refractivity contribution in [2.45, 2.75) is 39.2 Å². The highest BCUT2D eigenvalue weighted by molar-refractivity contribution is 6.31. The van der Waals surface area contributed by atoms with Gasteiger partial charge in [-0.15, -0.1) is 0 Å². The molecule has 0 saturated heterocycles. The average Bonchev–Trinajstić information content (AvgIpc) is 2.84. The number of carboxylic acids is 1. The number of hydrogen-bond donors (Lipinski definition) is 4. The normalized spacial score (nSPS) is 11.4. The molecule has 0 saturated carbocycles. The summed E-state index contributed by atoms with van der Waals surface area (Å²) >= 11 is 6.10. The maximum absolute atomic E-state index is 14.0. The van der Waals surface area contributed by atoms with Gasteiger partial charge in [-0.3, -0.25) is 4.79 Å². The van der Waals surface area contributed by atoms with Crippen LogP contribution in [0, 0.1) is 5.82 Å². The fourth-order valence-electron chi connectivity index (χ4n) is 3.81. The van der Waals surface area contributed by atoms with Gasteiger partial charge in [-0.25, -0.2) is 14.0 Å². The Labute approximate surface area is 213 Å². The minimum absolute atomic E-state index is 0.00817. The first-order valence-corrected chi connectivity index (χ1v) is 11.9. The van der Waals surface area contributed by atoms with Crippen LogP contribution in [0.25, 0.3) is 0 Å². The van der Waals surface area contributed by atoms with Gasteiger partial charge in [0.05, 0.1) is 11.3 Å². The van der Waals surface area contributed by atoms with Crippen LogP contribution in [0.3, 0.4) is 0 Å². The third kappa shape index (κ3) is 6.60. The molecule has 7 nitrogen and oxygen atoms in total. The molecular formula is C27H27ClFN3O4. The van der Waals surface area contributed by atoms with Gasteiger partial charge < -0.3 is 21.1 Å². The van der Waals surface area contributed by atoms with E-state index in [1.807, 2.05) is 32.0 Å². The quantitative estimate of drug-likeness (QED) is 0.296. The van der Waals surface area contributed by atoms with E-state index in [0.29, 0.717) is 18.5 Å². The highest BCUT2D eigenvalue weighted by Crippen LogP contribution is 2.25. The molecule has 0 unspecified atom stereocenters. The highest BCUT2D eigenvalue weighted by Gasteiger charge is 2.24. The Balaban J connectivity index is 1.81. The lowest BCUT2D eigenvalue weighted by atomic mass is 10.0. The van der Waals surface area contributed by atoms with E-state index in [1.54, 1.807) is 6.07 Å². The molecule has 0 aliphatic rings. The Morgan fingerprint density at radius 3 is 2.17 bits per heavy atom. The standard InChI is InChI=1S/C27H27ClFN3O4/c1-3-16-9-7-10-17(4-2)24(16)32-27(36)31-22-15-19(28)12-13-20(22)25(33)30-23(26(34)35)14-18-8-5-6-11-21(18)29/h5-13,15,23H,3-4,14H2,1-2H3,(H,30,33)(H,34,35)(H2,31,32,36)/t23-/m0/s1. The second kappa shape index (κ2) is 12.2. The van der Waals surface area contributed by atoms with Crippen LogP contribution in [0.1, 0.15) is 40.9 Å². The lowest BCUT2D eigenvalue weighted by Crippen LogP contribution is -2.42. The lowest BCUT2D eigenvalue weighted by Gasteiger charge is -2.18. The summed E-state index contributed by atoms with van der Waals surface area (Å²) < 4.78 is 14.0. The van der Waals surface area contributed by atoms with Crippen LogP contribution in [0.4, 0.5) is 20.6 Å². The minimum atomic E-state index is -1.39. The Kier molecular flexibility index (Phi) is 9.02. The molecule has 3 aromatic rings. The fraction of sp³-hybridized carbons (Fsp3) is 0.222. The molecule has 9 heteroatoms. The smallest absolute Gasteiger partial charge is 0.326 e. The number of carbonyl (C=O) groups excluding carboxylic acids is 2. The topological polar surface area (TPSA) is 108 Å². The van der Waals surface area contributed by atoms with Crippen molar-refractivity contribution in [2.75, 3.05) is 10.6 Å². The summed E-state index contributed by atoms with van der Waals surface area (Å²) in [6.45, 7) is 3.97. The lowest BCUT2D eigenvalue weighted by molar-refractivity contribution is -0.139. The summed E-state index contributed by atoms with van der Waals surface area (Å²) in [6.07, 6.45) is 1.18. The molecule has 0 aromatic heterocycles. The van der Waals surface area contributed by atoms with Gasteiger partial charge in [0, 0.05) is 17.1 Å². The molecule has 0 radical (unpaired) electrons. The number of carboxylic acid groups (broad SMARTS) is 1. The predicted octanol–water partition coefficient (Wildman–Crippen LogP) is 5.67. The van der Waals surface area contributed by atoms with Crippen LogP contribution in [0.15, 0.2) is 60.7 Å². The second-order valence-corrected chi connectivity index (χ2v) is 8.52. The Bertz CT molecular complexity index is 1260. The largest absolute Gasteiger partial charge is 0.480 e. The number of amides is 3. The van der Waals surface area contributed by atoms with Crippen molar-refractivity contribution in [3.63, 3.8) is 0 Å². The number of urea groups is 1. The predicted molar refractivity (Wildman–Crippen MR) is 138 cm³/mol. The van der Waals surface area contributed by atoms with Crippen molar-refractivity contribution >= 4 is 40.9 Å². The van der Waals surface area contributed by atoms with E-state index in [2.05, 4.69) is 16.0 Å². The maximum atomic E-state index is 14.0. The number of carbonyl (C=O) groups is 3. The second-order valence-electron chi connectivity index (χ2n) is 8.09. The number of aryl methyl sites for hydroxylation is 2. The van der Waals surface area contributed by atoms with Crippen LogP contribution in [-0.2, 0) is 24.1 Å². The monoisotopic (exact) mass is 511 g/mol. The molecular weight excluding hydrogens is 485 g/mol. The van der Waals surface area contributed by atoms with E-state index in [9.17, 15) is 23.9 Å². The highest BCUT2D eigenvalue weighted by atomic mass is 35.5. The minimum Gasteiger partial charge on any atom is -0.480 e. The molecule has 0 aliphatic heterocycles. The molecule has 4 N–H and O–H groups in total. The van der Waals surface area contributed by atoms with Gasteiger partial charge in [0.15, 0.2) is 0 Å². The van der Waals surface area contributed by atoms with Crippen molar-refractivity contribution < 1.29 is 23.9 Å². The molecule has 1 atom stereocenters. The maximum Gasteiger partial charge on any atom is 0.326 e. The van der Waals surface area contributed by atoms with Gasteiger partial charge in [-0.1, -0.05) is 61.8 Å². The Morgan fingerprint density at radius 2 is 1.56 bits per heavy atom. The molecule has 0 aliphatic carbocycles. The fourth-order valence-corrected chi connectivity index (χ4v) is 3.98. The third-order valence-corrected chi connectivity index (χ3v) is 5.93. The van der Waals surface area contributed by atoms with E-state index in [0.717, 1.165) is 11.1 Å². The van der Waals surface area contributed by atoms with E-state index in [-0.39, 0.29) is 28.3 Å². The average molecular weight is 512 g/mol. The first kappa shape index (κ1) is 26.7. The van der Waals surface area contributed by atoms with Gasteiger partial charge >= 0.3 is 12.0 Å². The Morgan fingerprint density at radius 1 is 0.917 bits per heavy atom. The number of benzene rings is 3. The molecule has 0 bridgehead atoms. The zero-order valence-electron chi connectivity index (χ0n) is 19.9. The van der Waals surface area contributed by atoms with E-state index < -0.39 is 29.8 Å². The summed E-state index contributed by atoms with van der Waals surface area (Å²) in [5, 5.41) is 17.8. The summed E-state index contributed by atoms with van der Waals surface area (Å²) in [6, 6.07) is 13.8. The van der Waals surface area contributed by atoms with Gasteiger partial charge in [-0.05, 0) is 53.8 Å². The number of para-hydroxylation sites is 1. The molecule has 0 spiro atoms. The molecule has 3 aromatic carbocycles. The zero-order valence-corrected chi connectivity index (χ0v) is 20.7. The number of rotatable bonds is 9.